The minimum atomic E-state index is -4.26. The van der Waals surface area contributed by atoms with Gasteiger partial charge in [-0.1, -0.05) is 0 Å². The molecule has 0 atom stereocenters. The van der Waals surface area contributed by atoms with Crippen molar-refractivity contribution in [1.29, 1.82) is 0 Å². The Morgan fingerprint density at radius 2 is 1.95 bits per heavy atom. The molecule has 20 heavy (non-hydrogen) atoms. The van der Waals surface area contributed by atoms with Crippen LogP contribution in [0.5, 0.6) is 0 Å². The van der Waals surface area contributed by atoms with Crippen molar-refractivity contribution in [2.75, 3.05) is 0 Å². The number of hydrogen-bond donors (Lipinski definition) is 1. The predicted octanol–water partition coefficient (Wildman–Crippen LogP) is 1.78. The maximum absolute atomic E-state index is 12.3. The molecule has 2 aromatic rings. The smallest absolute Gasteiger partial charge is 0.306 e. The van der Waals surface area contributed by atoms with Gasteiger partial charge in [-0.25, -0.2) is 0 Å². The number of nitrogens with one attached hydrogen (secondary N) is 1. The van der Waals surface area contributed by atoms with Crippen LogP contribution in [0.4, 0.5) is 13.2 Å². The Hall–Kier alpha value is -1.83. The van der Waals surface area contributed by atoms with E-state index in [2.05, 4.69) is 15.5 Å². The molecule has 2 heterocycles. The van der Waals surface area contributed by atoms with Gasteiger partial charge < -0.3 is 5.32 Å². The molecule has 0 bridgehead atoms. The summed E-state index contributed by atoms with van der Waals surface area (Å²) in [6.45, 7) is 1.68. The van der Waals surface area contributed by atoms with Crippen LogP contribution in [0.15, 0.2) is 18.3 Å². The fourth-order valence-electron chi connectivity index (χ4n) is 1.97. The first-order valence-corrected chi connectivity index (χ1v) is 6.13. The van der Waals surface area contributed by atoms with E-state index in [-0.39, 0.29) is 0 Å². The van der Waals surface area contributed by atoms with E-state index in [0.717, 1.165) is 16.1 Å². The van der Waals surface area contributed by atoms with Gasteiger partial charge in [-0.2, -0.15) is 23.4 Å². The van der Waals surface area contributed by atoms with Crippen molar-refractivity contribution in [3.8, 4) is 0 Å². The minimum Gasteiger partial charge on any atom is -0.306 e. The average Bonchev–Trinajstić information content (AvgIpc) is 2.85. The summed E-state index contributed by atoms with van der Waals surface area (Å²) < 4.78 is 39.8. The van der Waals surface area contributed by atoms with Crippen LogP contribution in [0.3, 0.4) is 0 Å². The lowest BCUT2D eigenvalue weighted by Crippen LogP contribution is -2.23. The molecule has 0 aliphatic rings. The van der Waals surface area contributed by atoms with Crippen LogP contribution in [-0.2, 0) is 26.7 Å². The summed E-state index contributed by atoms with van der Waals surface area (Å²) in [7, 11) is 1.83. The van der Waals surface area contributed by atoms with Gasteiger partial charge in [0, 0.05) is 26.3 Å². The van der Waals surface area contributed by atoms with Gasteiger partial charge in [-0.05, 0) is 19.1 Å². The van der Waals surface area contributed by atoms with Crippen molar-refractivity contribution >= 4 is 0 Å². The second-order valence-corrected chi connectivity index (χ2v) is 4.60. The van der Waals surface area contributed by atoms with Crippen molar-refractivity contribution in [3.63, 3.8) is 0 Å². The molecular formula is C12H16F3N5. The van der Waals surface area contributed by atoms with E-state index in [0.29, 0.717) is 18.8 Å². The standard InChI is InChI=1S/C12H16F3N5/c1-9-5-11(19(2)18-9)7-16-6-10-3-4-17-20(10)8-12(13,14)15/h3-5,16H,6-8H2,1-2H3. The summed E-state index contributed by atoms with van der Waals surface area (Å²) in [4.78, 5) is 0. The first-order valence-electron chi connectivity index (χ1n) is 6.13. The topological polar surface area (TPSA) is 47.7 Å². The maximum Gasteiger partial charge on any atom is 0.408 e. The SMILES string of the molecule is Cc1cc(CNCc2ccnn2CC(F)(F)F)n(C)n1. The Balaban J connectivity index is 1.92. The highest BCUT2D eigenvalue weighted by molar-refractivity contribution is 5.08. The highest BCUT2D eigenvalue weighted by atomic mass is 19.4. The molecule has 0 saturated carbocycles. The second kappa shape index (κ2) is 5.66. The Labute approximate surface area is 114 Å². The number of alkyl halides is 3. The molecule has 2 rings (SSSR count). The van der Waals surface area contributed by atoms with Crippen LogP contribution in [0, 0.1) is 6.92 Å². The number of aryl methyl sites for hydroxylation is 2. The fourth-order valence-corrected chi connectivity index (χ4v) is 1.97. The largest absolute Gasteiger partial charge is 0.408 e. The van der Waals surface area contributed by atoms with Gasteiger partial charge in [0.1, 0.15) is 6.54 Å². The van der Waals surface area contributed by atoms with E-state index in [9.17, 15) is 13.2 Å². The first kappa shape index (κ1) is 14.6. The molecular weight excluding hydrogens is 271 g/mol. The lowest BCUT2D eigenvalue weighted by atomic mass is 10.3. The molecule has 2 aromatic heterocycles. The molecule has 0 amide bonds. The molecule has 0 saturated heterocycles. The fraction of sp³-hybridized carbons (Fsp3) is 0.500. The van der Waals surface area contributed by atoms with Gasteiger partial charge in [0.25, 0.3) is 0 Å². The summed E-state index contributed by atoms with van der Waals surface area (Å²) in [5.74, 6) is 0. The highest BCUT2D eigenvalue weighted by Crippen LogP contribution is 2.18. The second-order valence-electron chi connectivity index (χ2n) is 4.60. The van der Waals surface area contributed by atoms with Gasteiger partial charge in [-0.3, -0.25) is 9.36 Å². The summed E-state index contributed by atoms with van der Waals surface area (Å²) in [5, 5.41) is 11.0. The zero-order chi connectivity index (χ0) is 14.8. The van der Waals surface area contributed by atoms with Gasteiger partial charge in [-0.15, -0.1) is 0 Å². The van der Waals surface area contributed by atoms with Crippen LogP contribution < -0.4 is 5.32 Å². The summed E-state index contributed by atoms with van der Waals surface area (Å²) >= 11 is 0. The van der Waals surface area contributed by atoms with E-state index < -0.39 is 12.7 Å². The summed E-state index contributed by atoms with van der Waals surface area (Å²) in [6, 6.07) is 3.51. The molecule has 1 N–H and O–H groups in total. The third kappa shape index (κ3) is 3.83. The lowest BCUT2D eigenvalue weighted by Gasteiger charge is -2.11. The third-order valence-corrected chi connectivity index (χ3v) is 2.84. The monoisotopic (exact) mass is 287 g/mol. The molecule has 8 heteroatoms. The molecule has 0 aliphatic heterocycles. The van der Waals surface area contributed by atoms with E-state index in [4.69, 9.17) is 0 Å². The minimum absolute atomic E-state index is 0.320. The van der Waals surface area contributed by atoms with E-state index in [1.807, 2.05) is 20.0 Å². The number of nitrogens with zero attached hydrogens (tertiary/aromatic N) is 4. The number of rotatable bonds is 5. The number of hydrogen-bond acceptors (Lipinski definition) is 3. The number of halogens is 3. The zero-order valence-corrected chi connectivity index (χ0v) is 11.3. The van der Waals surface area contributed by atoms with Crippen LogP contribution in [0.2, 0.25) is 0 Å². The van der Waals surface area contributed by atoms with E-state index in [1.165, 1.54) is 6.20 Å². The molecule has 0 aromatic carbocycles. The Kier molecular flexibility index (Phi) is 4.12. The molecule has 5 nitrogen and oxygen atoms in total. The first-order chi connectivity index (χ1) is 9.35. The van der Waals surface area contributed by atoms with Crippen molar-refractivity contribution < 1.29 is 13.2 Å². The van der Waals surface area contributed by atoms with Crippen molar-refractivity contribution in [2.45, 2.75) is 32.7 Å². The van der Waals surface area contributed by atoms with Crippen molar-refractivity contribution in [1.82, 2.24) is 24.9 Å². The molecule has 0 fully saturated rings. The highest BCUT2D eigenvalue weighted by Gasteiger charge is 2.29. The maximum atomic E-state index is 12.3. The van der Waals surface area contributed by atoms with Gasteiger partial charge in [0.05, 0.1) is 17.1 Å². The van der Waals surface area contributed by atoms with E-state index >= 15 is 0 Å². The molecule has 0 spiro atoms. The third-order valence-electron chi connectivity index (χ3n) is 2.84. The summed E-state index contributed by atoms with van der Waals surface area (Å²) in [6.07, 6.45) is -2.89. The normalized spacial score (nSPS) is 12.1. The van der Waals surface area contributed by atoms with E-state index in [1.54, 1.807) is 10.7 Å². The lowest BCUT2D eigenvalue weighted by molar-refractivity contribution is -0.143. The van der Waals surface area contributed by atoms with Gasteiger partial charge in [0.2, 0.25) is 0 Å². The van der Waals surface area contributed by atoms with Gasteiger partial charge in [0.15, 0.2) is 0 Å². The molecule has 0 radical (unpaired) electrons. The predicted molar refractivity (Wildman–Crippen MR) is 66.8 cm³/mol. The van der Waals surface area contributed by atoms with Crippen molar-refractivity contribution in [3.05, 3.63) is 35.4 Å². The van der Waals surface area contributed by atoms with Gasteiger partial charge >= 0.3 is 6.18 Å². The van der Waals surface area contributed by atoms with Crippen molar-refractivity contribution in [2.24, 2.45) is 7.05 Å². The Bertz CT molecular complexity index is 570. The molecule has 110 valence electrons. The quantitative estimate of drug-likeness (QED) is 0.912. The zero-order valence-electron chi connectivity index (χ0n) is 11.3. The number of aromatic nitrogens is 4. The summed E-state index contributed by atoms with van der Waals surface area (Å²) in [5.41, 5.74) is 2.39. The van der Waals surface area contributed by atoms with Crippen LogP contribution in [0.1, 0.15) is 17.1 Å². The molecule has 0 unspecified atom stereocenters. The van der Waals surface area contributed by atoms with Crippen LogP contribution in [0.25, 0.3) is 0 Å². The molecule has 0 aliphatic carbocycles. The van der Waals surface area contributed by atoms with Crippen LogP contribution in [-0.4, -0.2) is 25.7 Å². The Morgan fingerprint density at radius 1 is 1.25 bits per heavy atom. The van der Waals surface area contributed by atoms with Crippen LogP contribution >= 0.6 is 0 Å². The Morgan fingerprint density at radius 3 is 2.55 bits per heavy atom. The average molecular weight is 287 g/mol.